The van der Waals surface area contributed by atoms with Gasteiger partial charge in [0, 0.05) is 44.1 Å². The third-order valence-corrected chi connectivity index (χ3v) is 4.45. The standard InChI is InChI=1S/C15H23N3O2/c1-16-5-7-18(8-6-16)15(20)11-17-9-12-3-2-4-14(19)13(12)10-17/h9-10,14,19H,2-8,11H2,1H3. The number of hydrogen-bond acceptors (Lipinski definition) is 3. The molecule has 0 radical (unpaired) electrons. The summed E-state index contributed by atoms with van der Waals surface area (Å²) in [6.45, 7) is 3.93. The van der Waals surface area contributed by atoms with Crippen LogP contribution in [0.15, 0.2) is 12.4 Å². The van der Waals surface area contributed by atoms with E-state index in [0.29, 0.717) is 6.54 Å². The fourth-order valence-electron chi connectivity index (χ4n) is 3.13. The van der Waals surface area contributed by atoms with E-state index in [1.54, 1.807) is 0 Å². The molecule has 1 N–H and O–H groups in total. The highest BCUT2D eigenvalue weighted by atomic mass is 16.3. The molecule has 1 amide bonds. The Balaban J connectivity index is 1.64. The van der Waals surface area contributed by atoms with Crippen molar-refractivity contribution in [1.82, 2.24) is 14.4 Å². The van der Waals surface area contributed by atoms with Crippen LogP contribution in [0, 0.1) is 0 Å². The minimum Gasteiger partial charge on any atom is -0.388 e. The van der Waals surface area contributed by atoms with Gasteiger partial charge in [0.2, 0.25) is 5.91 Å². The molecule has 1 aliphatic carbocycles. The SMILES string of the molecule is CN1CCN(C(=O)Cn2cc3c(c2)C(O)CCC3)CC1. The second-order valence-corrected chi connectivity index (χ2v) is 6.00. The van der Waals surface area contributed by atoms with E-state index in [1.165, 1.54) is 5.56 Å². The summed E-state index contributed by atoms with van der Waals surface area (Å²) in [5.41, 5.74) is 2.22. The molecule has 0 spiro atoms. The minimum absolute atomic E-state index is 0.180. The first-order chi connectivity index (χ1) is 9.63. The lowest BCUT2D eigenvalue weighted by Gasteiger charge is -2.32. The Morgan fingerprint density at radius 1 is 1.30 bits per heavy atom. The number of nitrogens with zero attached hydrogens (tertiary/aromatic N) is 3. The lowest BCUT2D eigenvalue weighted by molar-refractivity contribution is -0.133. The number of carbonyl (C=O) groups is 1. The smallest absolute Gasteiger partial charge is 0.242 e. The highest BCUT2D eigenvalue weighted by Gasteiger charge is 2.22. The van der Waals surface area contributed by atoms with Crippen LogP contribution in [-0.4, -0.2) is 58.6 Å². The Hall–Kier alpha value is -1.33. The second-order valence-electron chi connectivity index (χ2n) is 6.00. The largest absolute Gasteiger partial charge is 0.388 e. The molecule has 1 aliphatic heterocycles. The highest BCUT2D eigenvalue weighted by Crippen LogP contribution is 2.30. The van der Waals surface area contributed by atoms with Gasteiger partial charge in [-0.1, -0.05) is 0 Å². The number of likely N-dealkylation sites (N-methyl/N-ethyl adjacent to an activating group) is 1. The van der Waals surface area contributed by atoms with Gasteiger partial charge in [0.1, 0.15) is 6.54 Å². The number of piperazine rings is 1. The molecular weight excluding hydrogens is 254 g/mol. The molecule has 110 valence electrons. The highest BCUT2D eigenvalue weighted by molar-refractivity contribution is 5.76. The van der Waals surface area contributed by atoms with Crippen LogP contribution < -0.4 is 0 Å². The number of aryl methyl sites for hydroxylation is 1. The average Bonchev–Trinajstić information content (AvgIpc) is 2.83. The zero-order chi connectivity index (χ0) is 14.1. The fourth-order valence-corrected chi connectivity index (χ4v) is 3.13. The van der Waals surface area contributed by atoms with E-state index in [0.717, 1.165) is 51.0 Å². The Bertz CT molecular complexity index is 489. The molecule has 2 aliphatic rings. The second kappa shape index (κ2) is 5.58. The van der Waals surface area contributed by atoms with Gasteiger partial charge in [-0.25, -0.2) is 0 Å². The number of carbonyl (C=O) groups excluding carboxylic acids is 1. The van der Waals surface area contributed by atoms with Crippen LogP contribution in [0.2, 0.25) is 0 Å². The fraction of sp³-hybridized carbons (Fsp3) is 0.667. The molecule has 1 aromatic rings. The van der Waals surface area contributed by atoms with E-state index in [1.807, 2.05) is 21.9 Å². The zero-order valence-corrected chi connectivity index (χ0v) is 12.1. The first-order valence-corrected chi connectivity index (χ1v) is 7.46. The van der Waals surface area contributed by atoms with Gasteiger partial charge in [-0.15, -0.1) is 0 Å². The molecule has 20 heavy (non-hydrogen) atoms. The van der Waals surface area contributed by atoms with Crippen molar-refractivity contribution in [2.45, 2.75) is 31.9 Å². The van der Waals surface area contributed by atoms with E-state index < -0.39 is 0 Å². The number of fused-ring (bicyclic) bond motifs is 1. The molecule has 1 unspecified atom stereocenters. The summed E-state index contributed by atoms with van der Waals surface area (Å²) in [4.78, 5) is 16.5. The van der Waals surface area contributed by atoms with Crippen LogP contribution >= 0.6 is 0 Å². The Labute approximate surface area is 119 Å². The Morgan fingerprint density at radius 2 is 2.05 bits per heavy atom. The molecule has 1 atom stereocenters. The van der Waals surface area contributed by atoms with Gasteiger partial charge in [-0.05, 0) is 31.9 Å². The van der Waals surface area contributed by atoms with Crippen LogP contribution in [0.3, 0.4) is 0 Å². The number of aromatic nitrogens is 1. The molecule has 1 aromatic heterocycles. The van der Waals surface area contributed by atoms with E-state index in [-0.39, 0.29) is 12.0 Å². The molecule has 1 fully saturated rings. The minimum atomic E-state index is -0.348. The molecule has 0 bridgehead atoms. The summed E-state index contributed by atoms with van der Waals surface area (Å²) >= 11 is 0. The maximum atomic E-state index is 12.3. The molecule has 3 rings (SSSR count). The van der Waals surface area contributed by atoms with Crippen LogP contribution in [0.5, 0.6) is 0 Å². The average molecular weight is 277 g/mol. The van der Waals surface area contributed by atoms with Crippen LogP contribution in [0.1, 0.15) is 30.1 Å². The van der Waals surface area contributed by atoms with Crippen molar-refractivity contribution in [1.29, 1.82) is 0 Å². The van der Waals surface area contributed by atoms with E-state index >= 15 is 0 Å². The van der Waals surface area contributed by atoms with Gasteiger partial charge in [-0.3, -0.25) is 4.79 Å². The van der Waals surface area contributed by atoms with Gasteiger partial charge in [-0.2, -0.15) is 0 Å². The first kappa shape index (κ1) is 13.6. The lowest BCUT2D eigenvalue weighted by atomic mass is 9.93. The van der Waals surface area contributed by atoms with Gasteiger partial charge in [0.15, 0.2) is 0 Å². The molecular formula is C15H23N3O2. The quantitative estimate of drug-likeness (QED) is 0.862. The number of rotatable bonds is 2. The van der Waals surface area contributed by atoms with Crippen molar-refractivity contribution in [2.24, 2.45) is 0 Å². The summed E-state index contributed by atoms with van der Waals surface area (Å²) in [6.07, 6.45) is 6.52. The number of aliphatic hydroxyl groups is 1. The Kier molecular flexibility index (Phi) is 3.81. The van der Waals surface area contributed by atoms with E-state index in [9.17, 15) is 9.90 Å². The summed E-state index contributed by atoms with van der Waals surface area (Å²) < 4.78 is 1.94. The molecule has 5 nitrogen and oxygen atoms in total. The van der Waals surface area contributed by atoms with Crippen molar-refractivity contribution in [2.75, 3.05) is 33.2 Å². The molecule has 0 aromatic carbocycles. The van der Waals surface area contributed by atoms with Crippen LogP contribution in [0.4, 0.5) is 0 Å². The Morgan fingerprint density at radius 3 is 2.75 bits per heavy atom. The summed E-state index contributed by atoms with van der Waals surface area (Å²) in [6, 6.07) is 0. The number of hydrogen-bond donors (Lipinski definition) is 1. The van der Waals surface area contributed by atoms with Gasteiger partial charge in [0.25, 0.3) is 0 Å². The summed E-state index contributed by atoms with van der Waals surface area (Å²) in [7, 11) is 2.09. The molecule has 1 saturated heterocycles. The third kappa shape index (κ3) is 2.74. The maximum Gasteiger partial charge on any atom is 0.242 e. The van der Waals surface area contributed by atoms with Crippen LogP contribution in [-0.2, 0) is 17.8 Å². The molecule has 0 saturated carbocycles. The normalized spacial score (nSPS) is 23.7. The lowest BCUT2D eigenvalue weighted by Crippen LogP contribution is -2.48. The summed E-state index contributed by atoms with van der Waals surface area (Å²) in [5.74, 6) is 0.180. The topological polar surface area (TPSA) is 48.7 Å². The zero-order valence-electron chi connectivity index (χ0n) is 12.1. The van der Waals surface area contributed by atoms with Crippen molar-refractivity contribution >= 4 is 5.91 Å². The van der Waals surface area contributed by atoms with Gasteiger partial charge >= 0.3 is 0 Å². The molecule has 2 heterocycles. The predicted octanol–water partition coefficient (Wildman–Crippen LogP) is 0.632. The van der Waals surface area contributed by atoms with E-state index in [2.05, 4.69) is 11.9 Å². The van der Waals surface area contributed by atoms with Gasteiger partial charge in [0.05, 0.1) is 6.10 Å². The monoisotopic (exact) mass is 277 g/mol. The van der Waals surface area contributed by atoms with Crippen molar-refractivity contribution in [3.8, 4) is 0 Å². The number of amides is 1. The first-order valence-electron chi connectivity index (χ1n) is 7.46. The van der Waals surface area contributed by atoms with Crippen molar-refractivity contribution in [3.63, 3.8) is 0 Å². The summed E-state index contributed by atoms with van der Waals surface area (Å²) in [5, 5.41) is 9.97. The predicted molar refractivity (Wildman–Crippen MR) is 76.4 cm³/mol. The van der Waals surface area contributed by atoms with Crippen molar-refractivity contribution < 1.29 is 9.90 Å². The maximum absolute atomic E-state index is 12.3. The molecule has 5 heteroatoms. The number of aliphatic hydroxyl groups excluding tert-OH is 1. The van der Waals surface area contributed by atoms with Crippen LogP contribution in [0.25, 0.3) is 0 Å². The van der Waals surface area contributed by atoms with E-state index in [4.69, 9.17) is 0 Å². The van der Waals surface area contributed by atoms with Crippen molar-refractivity contribution in [3.05, 3.63) is 23.5 Å². The third-order valence-electron chi connectivity index (χ3n) is 4.45. The van der Waals surface area contributed by atoms with Gasteiger partial charge < -0.3 is 19.5 Å².